The minimum atomic E-state index is -4.14. The van der Waals surface area contributed by atoms with Crippen LogP contribution in [0, 0.1) is 23.1 Å². The fourth-order valence-corrected chi connectivity index (χ4v) is 4.41. The first kappa shape index (κ1) is 22.3. The van der Waals surface area contributed by atoms with Gasteiger partial charge in [-0.2, -0.15) is 13.2 Å². The van der Waals surface area contributed by atoms with Crippen LogP contribution >= 0.6 is 0 Å². The highest BCUT2D eigenvalue weighted by molar-refractivity contribution is 5.88. The van der Waals surface area contributed by atoms with Crippen LogP contribution in [0.5, 0.6) is 0 Å². The molecule has 1 aliphatic carbocycles. The molecule has 2 N–H and O–H groups in total. The van der Waals surface area contributed by atoms with E-state index in [1.54, 1.807) is 19.1 Å². The molecule has 0 saturated heterocycles. The Morgan fingerprint density at radius 3 is 2.53 bits per heavy atom. The molecule has 0 aliphatic heterocycles. The molecular formula is C24H28F4N2. The first-order valence-corrected chi connectivity index (χ1v) is 10.6. The summed E-state index contributed by atoms with van der Waals surface area (Å²) in [6.45, 7) is 1.80. The number of nitrogens with one attached hydrogen (secondary N) is 2. The zero-order valence-electron chi connectivity index (χ0n) is 17.2. The molecule has 2 aromatic rings. The van der Waals surface area contributed by atoms with Gasteiger partial charge in [-0.25, -0.2) is 4.39 Å². The topological polar surface area (TPSA) is 35.9 Å². The van der Waals surface area contributed by atoms with Crippen LogP contribution in [0.4, 0.5) is 28.9 Å². The third-order valence-corrected chi connectivity index (χ3v) is 5.94. The van der Waals surface area contributed by atoms with Gasteiger partial charge in [0.05, 0.1) is 5.92 Å². The van der Waals surface area contributed by atoms with E-state index in [-0.39, 0.29) is 24.6 Å². The molecule has 0 radical (unpaired) electrons. The van der Waals surface area contributed by atoms with Crippen LogP contribution in [0.2, 0.25) is 0 Å². The van der Waals surface area contributed by atoms with Crippen molar-refractivity contribution in [2.24, 2.45) is 11.8 Å². The zero-order valence-corrected chi connectivity index (χ0v) is 17.2. The maximum atomic E-state index is 13.4. The molecule has 0 aromatic heterocycles. The number of fused-ring (bicyclic) bond motifs is 1. The molecule has 2 unspecified atom stereocenters. The van der Waals surface area contributed by atoms with Gasteiger partial charge in [0, 0.05) is 23.2 Å². The van der Waals surface area contributed by atoms with Crippen LogP contribution in [0.15, 0.2) is 36.4 Å². The summed E-state index contributed by atoms with van der Waals surface area (Å²) in [6, 6.07) is 9.93. The summed E-state index contributed by atoms with van der Waals surface area (Å²) in [4.78, 5) is 0. The van der Waals surface area contributed by atoms with Crippen molar-refractivity contribution in [2.45, 2.75) is 58.0 Å². The zero-order chi connectivity index (χ0) is 21.7. The third-order valence-electron chi connectivity index (χ3n) is 5.94. The van der Waals surface area contributed by atoms with Crippen molar-refractivity contribution in [1.29, 1.82) is 5.41 Å². The average Bonchev–Trinajstić information content (AvgIpc) is 2.89. The van der Waals surface area contributed by atoms with Gasteiger partial charge in [-0.1, -0.05) is 13.3 Å². The summed E-state index contributed by atoms with van der Waals surface area (Å²) < 4.78 is 53.4. The molecule has 0 fully saturated rings. The van der Waals surface area contributed by atoms with Gasteiger partial charge in [-0.3, -0.25) is 0 Å². The summed E-state index contributed by atoms with van der Waals surface area (Å²) in [7, 11) is 0. The highest BCUT2D eigenvalue weighted by Crippen LogP contribution is 2.39. The van der Waals surface area contributed by atoms with Gasteiger partial charge < -0.3 is 10.7 Å². The fraction of sp³-hybridized carbons (Fsp3) is 0.458. The molecule has 6 heteroatoms. The third kappa shape index (κ3) is 5.61. The molecule has 0 amide bonds. The average molecular weight is 420 g/mol. The van der Waals surface area contributed by atoms with Gasteiger partial charge in [-0.05, 0) is 92.0 Å². The molecule has 162 valence electrons. The Bertz CT molecular complexity index is 859. The molecule has 0 heterocycles. The molecule has 1 aliphatic rings. The molecule has 0 spiro atoms. The lowest BCUT2D eigenvalue weighted by molar-refractivity contribution is -0.181. The Kier molecular flexibility index (Phi) is 7.16. The molecule has 2 aromatic carbocycles. The second kappa shape index (κ2) is 9.63. The standard InChI is InChI=1S/C24H28F4N2/c1-2-4-20(24(26,27)28)12-16-5-3-6-17-14-23(19(15-29)13-18(17)11-16)30-22-9-7-21(25)8-10-22/h7-10,13-16,20,29-30H,2-6,11-12H2,1H3. The van der Waals surface area contributed by atoms with Crippen LogP contribution in [0.25, 0.3) is 0 Å². The van der Waals surface area contributed by atoms with E-state index in [1.165, 1.54) is 18.3 Å². The van der Waals surface area contributed by atoms with Crippen molar-refractivity contribution >= 4 is 17.6 Å². The monoisotopic (exact) mass is 420 g/mol. The molecule has 2 atom stereocenters. The highest BCUT2D eigenvalue weighted by Gasteiger charge is 2.40. The number of hydrogen-bond donors (Lipinski definition) is 2. The maximum absolute atomic E-state index is 13.4. The number of halogens is 4. The van der Waals surface area contributed by atoms with E-state index in [4.69, 9.17) is 5.41 Å². The number of benzene rings is 2. The first-order chi connectivity index (χ1) is 14.3. The van der Waals surface area contributed by atoms with Crippen molar-refractivity contribution < 1.29 is 17.6 Å². The Hall–Kier alpha value is -2.37. The SMILES string of the molecule is CCCC(CC1CCCc2cc(Nc3ccc(F)cc3)c(C=N)cc2C1)C(F)(F)F. The molecule has 0 bridgehead atoms. The summed E-state index contributed by atoms with van der Waals surface area (Å²) in [6.07, 6.45) is 1.06. The smallest absolute Gasteiger partial charge is 0.355 e. The molecular weight excluding hydrogens is 392 g/mol. The van der Waals surface area contributed by atoms with Crippen molar-refractivity contribution in [2.75, 3.05) is 5.32 Å². The van der Waals surface area contributed by atoms with Gasteiger partial charge in [0.15, 0.2) is 0 Å². The Morgan fingerprint density at radius 1 is 1.17 bits per heavy atom. The van der Waals surface area contributed by atoms with Crippen molar-refractivity contribution in [3.63, 3.8) is 0 Å². The van der Waals surface area contributed by atoms with Crippen LogP contribution in [0.1, 0.15) is 55.7 Å². The fourth-order valence-electron chi connectivity index (χ4n) is 4.41. The number of aryl methyl sites for hydroxylation is 1. The molecule has 0 saturated carbocycles. The van der Waals surface area contributed by atoms with E-state index in [0.29, 0.717) is 18.4 Å². The van der Waals surface area contributed by atoms with Gasteiger partial charge >= 0.3 is 6.18 Å². The van der Waals surface area contributed by atoms with E-state index >= 15 is 0 Å². The van der Waals surface area contributed by atoms with Gasteiger partial charge in [0.25, 0.3) is 0 Å². The quantitative estimate of drug-likeness (QED) is 0.273. The number of anilines is 2. The summed E-state index contributed by atoms with van der Waals surface area (Å²) >= 11 is 0. The number of alkyl halides is 3. The lowest BCUT2D eigenvalue weighted by atomic mass is 9.85. The van der Waals surface area contributed by atoms with E-state index < -0.39 is 12.1 Å². The van der Waals surface area contributed by atoms with Gasteiger partial charge in [0.1, 0.15) is 5.82 Å². The first-order valence-electron chi connectivity index (χ1n) is 10.6. The van der Waals surface area contributed by atoms with Gasteiger partial charge in [-0.15, -0.1) is 0 Å². The molecule has 3 rings (SSSR count). The Morgan fingerprint density at radius 2 is 1.90 bits per heavy atom. The predicted molar refractivity (Wildman–Crippen MR) is 113 cm³/mol. The van der Waals surface area contributed by atoms with Crippen molar-refractivity contribution in [3.05, 3.63) is 58.9 Å². The minimum Gasteiger partial charge on any atom is -0.355 e. The minimum absolute atomic E-state index is 0.00100. The van der Waals surface area contributed by atoms with Crippen molar-refractivity contribution in [3.8, 4) is 0 Å². The lowest BCUT2D eigenvalue weighted by Crippen LogP contribution is -2.26. The Balaban J connectivity index is 1.81. The van der Waals surface area contributed by atoms with Crippen LogP contribution in [-0.2, 0) is 12.8 Å². The van der Waals surface area contributed by atoms with Gasteiger partial charge in [0.2, 0.25) is 0 Å². The number of hydrogen-bond acceptors (Lipinski definition) is 2. The Labute approximate surface area is 175 Å². The molecule has 2 nitrogen and oxygen atoms in total. The summed E-state index contributed by atoms with van der Waals surface area (Å²) in [5.74, 6) is -1.56. The van der Waals surface area contributed by atoms with Crippen LogP contribution in [0.3, 0.4) is 0 Å². The summed E-state index contributed by atoms with van der Waals surface area (Å²) in [5, 5.41) is 11.0. The van der Waals surface area contributed by atoms with Crippen LogP contribution < -0.4 is 5.32 Å². The van der Waals surface area contributed by atoms with Crippen LogP contribution in [-0.4, -0.2) is 12.4 Å². The van der Waals surface area contributed by atoms with E-state index in [0.717, 1.165) is 41.8 Å². The van der Waals surface area contributed by atoms with Crippen molar-refractivity contribution in [1.82, 2.24) is 0 Å². The van der Waals surface area contributed by atoms with E-state index in [1.807, 2.05) is 12.1 Å². The second-order valence-electron chi connectivity index (χ2n) is 8.21. The predicted octanol–water partition coefficient (Wildman–Crippen LogP) is 7.43. The van der Waals surface area contributed by atoms with E-state index in [9.17, 15) is 17.6 Å². The lowest BCUT2D eigenvalue weighted by Gasteiger charge is -2.25. The summed E-state index contributed by atoms with van der Waals surface area (Å²) in [5.41, 5.74) is 4.32. The normalized spacial score (nSPS) is 17.7. The maximum Gasteiger partial charge on any atom is 0.391 e. The largest absolute Gasteiger partial charge is 0.391 e. The van der Waals surface area contributed by atoms with E-state index in [2.05, 4.69) is 5.32 Å². The number of rotatable bonds is 7. The second-order valence-corrected chi connectivity index (χ2v) is 8.21. The molecule has 30 heavy (non-hydrogen) atoms. The highest BCUT2D eigenvalue weighted by atomic mass is 19.4.